The van der Waals surface area contributed by atoms with Crippen molar-refractivity contribution in [3.05, 3.63) is 70.0 Å². The third-order valence-electron chi connectivity index (χ3n) is 5.45. The van der Waals surface area contributed by atoms with Gasteiger partial charge in [0.2, 0.25) is 5.91 Å². The van der Waals surface area contributed by atoms with E-state index in [-0.39, 0.29) is 23.9 Å². The summed E-state index contributed by atoms with van der Waals surface area (Å²) in [7, 11) is 0. The lowest BCUT2D eigenvalue weighted by Gasteiger charge is -2.32. The van der Waals surface area contributed by atoms with Crippen LogP contribution in [0.5, 0.6) is 0 Å². The number of H-pyrrole nitrogens is 1. The molecule has 0 radical (unpaired) electrons. The van der Waals surface area contributed by atoms with Crippen molar-refractivity contribution < 1.29 is 18.0 Å². The third-order valence-corrected chi connectivity index (χ3v) is 5.45. The average Bonchev–Trinajstić information content (AvgIpc) is 3.05. The van der Waals surface area contributed by atoms with Gasteiger partial charge in [0, 0.05) is 13.1 Å². The highest BCUT2D eigenvalue weighted by atomic mass is 19.4. The van der Waals surface area contributed by atoms with Crippen LogP contribution in [0.3, 0.4) is 0 Å². The smallest absolute Gasteiger partial charge is 0.342 e. The molecule has 0 unspecified atom stereocenters. The maximum atomic E-state index is 12.6. The molecule has 1 amide bonds. The Morgan fingerprint density at radius 1 is 1.03 bits per heavy atom. The number of aromatic nitrogens is 2. The number of nitrogens with one attached hydrogen (secondary N) is 1. The molecule has 2 heterocycles. The molecule has 1 N–H and O–H groups in total. The number of amides is 1. The molecule has 1 fully saturated rings. The number of alkyl halides is 3. The van der Waals surface area contributed by atoms with Gasteiger partial charge in [-0.15, -0.1) is 0 Å². The van der Waals surface area contributed by atoms with Gasteiger partial charge in [-0.1, -0.05) is 24.3 Å². The third kappa shape index (κ3) is 3.92. The van der Waals surface area contributed by atoms with Crippen molar-refractivity contribution >= 4 is 16.8 Å². The summed E-state index contributed by atoms with van der Waals surface area (Å²) in [6, 6.07) is 12.2. The van der Waals surface area contributed by atoms with Crippen LogP contribution in [-0.2, 0) is 17.4 Å². The van der Waals surface area contributed by atoms with Gasteiger partial charge in [-0.2, -0.15) is 13.2 Å². The summed E-state index contributed by atoms with van der Waals surface area (Å²) < 4.78 is 39.8. The number of para-hydroxylation sites is 1. The molecule has 0 saturated carbocycles. The minimum Gasteiger partial charge on any atom is -0.342 e. The fourth-order valence-electron chi connectivity index (χ4n) is 3.87. The lowest BCUT2D eigenvalue weighted by Crippen LogP contribution is -2.40. The maximum Gasteiger partial charge on any atom is 0.416 e. The lowest BCUT2D eigenvalue weighted by molar-refractivity contribution is -0.137. The molecule has 1 aliphatic rings. The van der Waals surface area contributed by atoms with Gasteiger partial charge < -0.3 is 4.90 Å². The zero-order valence-corrected chi connectivity index (χ0v) is 15.6. The molecule has 0 spiro atoms. The normalized spacial score (nSPS) is 15.8. The maximum absolute atomic E-state index is 12.6. The van der Waals surface area contributed by atoms with Gasteiger partial charge in [-0.3, -0.25) is 19.4 Å². The standard InChI is InChI=1S/C21H20F3N3O2/c22-21(23,24)15-7-5-14(6-8-15)13-19(28)26-11-9-16(10-12-26)27-18-4-2-1-3-17(18)20(29)25-27/h1-8,16H,9-13H2,(H,25,29). The monoisotopic (exact) mass is 403 g/mol. The number of hydrogen-bond acceptors (Lipinski definition) is 2. The number of carbonyl (C=O) groups excluding carboxylic acids is 1. The van der Waals surface area contributed by atoms with Crippen LogP contribution >= 0.6 is 0 Å². The first-order chi connectivity index (χ1) is 13.8. The van der Waals surface area contributed by atoms with Gasteiger partial charge in [0.1, 0.15) is 0 Å². The van der Waals surface area contributed by atoms with Gasteiger partial charge in [-0.25, -0.2) is 0 Å². The van der Waals surface area contributed by atoms with Gasteiger partial charge in [-0.05, 0) is 42.7 Å². The summed E-state index contributed by atoms with van der Waals surface area (Å²) in [6.45, 7) is 1.08. The van der Waals surface area contributed by atoms with Crippen molar-refractivity contribution in [1.29, 1.82) is 0 Å². The van der Waals surface area contributed by atoms with E-state index in [1.54, 1.807) is 11.0 Å². The molecule has 1 saturated heterocycles. The second kappa shape index (κ2) is 7.42. The minimum absolute atomic E-state index is 0.0755. The summed E-state index contributed by atoms with van der Waals surface area (Å²) in [5.74, 6) is -0.103. The van der Waals surface area contributed by atoms with Crippen LogP contribution in [0.1, 0.15) is 30.0 Å². The Balaban J connectivity index is 1.39. The van der Waals surface area contributed by atoms with Crippen LogP contribution in [0.25, 0.3) is 10.9 Å². The molecule has 152 valence electrons. The van der Waals surface area contributed by atoms with Crippen LogP contribution in [0.15, 0.2) is 53.3 Å². The number of hydrogen-bond donors (Lipinski definition) is 1. The number of benzene rings is 2. The zero-order valence-electron chi connectivity index (χ0n) is 15.6. The van der Waals surface area contributed by atoms with Crippen LogP contribution < -0.4 is 5.56 Å². The molecule has 4 rings (SSSR count). The molecule has 29 heavy (non-hydrogen) atoms. The lowest BCUT2D eigenvalue weighted by atomic mass is 10.0. The molecular weight excluding hydrogens is 383 g/mol. The molecule has 1 aliphatic heterocycles. The summed E-state index contributed by atoms with van der Waals surface area (Å²) in [4.78, 5) is 26.4. The van der Waals surface area contributed by atoms with E-state index < -0.39 is 11.7 Å². The van der Waals surface area contributed by atoms with E-state index in [4.69, 9.17) is 0 Å². The molecular formula is C21H20F3N3O2. The van der Waals surface area contributed by atoms with Crippen LogP contribution in [0, 0.1) is 0 Å². The number of aromatic amines is 1. The highest BCUT2D eigenvalue weighted by molar-refractivity contribution is 5.79. The van der Waals surface area contributed by atoms with Crippen LogP contribution in [0.2, 0.25) is 0 Å². The number of fused-ring (bicyclic) bond motifs is 1. The number of piperidine rings is 1. The zero-order chi connectivity index (χ0) is 20.6. The quantitative estimate of drug-likeness (QED) is 0.724. The second-order valence-electron chi connectivity index (χ2n) is 7.31. The number of halogens is 3. The first-order valence-corrected chi connectivity index (χ1v) is 9.46. The SMILES string of the molecule is O=C(Cc1ccc(C(F)(F)F)cc1)N1CCC(n2[nH]c(=O)c3ccccc32)CC1. The molecule has 0 aliphatic carbocycles. The van der Waals surface area contributed by atoms with Crippen LogP contribution in [-0.4, -0.2) is 33.7 Å². The topological polar surface area (TPSA) is 58.1 Å². The number of likely N-dealkylation sites (tertiary alicyclic amines) is 1. The molecule has 0 bridgehead atoms. The summed E-state index contributed by atoms with van der Waals surface area (Å²) in [5, 5.41) is 3.54. The Morgan fingerprint density at radius 3 is 2.34 bits per heavy atom. The van der Waals surface area contributed by atoms with Crippen molar-refractivity contribution in [3.8, 4) is 0 Å². The number of nitrogens with zero attached hydrogens (tertiary/aromatic N) is 2. The van der Waals surface area contributed by atoms with E-state index in [0.29, 0.717) is 36.9 Å². The van der Waals surface area contributed by atoms with E-state index in [2.05, 4.69) is 5.10 Å². The predicted octanol–water partition coefficient (Wildman–Crippen LogP) is 3.75. The van der Waals surface area contributed by atoms with Crippen molar-refractivity contribution in [2.75, 3.05) is 13.1 Å². The van der Waals surface area contributed by atoms with Crippen molar-refractivity contribution in [2.45, 2.75) is 31.5 Å². The van der Waals surface area contributed by atoms with Crippen molar-refractivity contribution in [3.63, 3.8) is 0 Å². The highest BCUT2D eigenvalue weighted by Gasteiger charge is 2.30. The fourth-order valence-corrected chi connectivity index (χ4v) is 3.87. The Labute approximate surface area is 164 Å². The second-order valence-corrected chi connectivity index (χ2v) is 7.31. The molecule has 1 aromatic heterocycles. The molecule has 8 heteroatoms. The van der Waals surface area contributed by atoms with Gasteiger partial charge in [0.25, 0.3) is 5.56 Å². The number of rotatable bonds is 3. The van der Waals surface area contributed by atoms with Gasteiger partial charge in [0.15, 0.2) is 0 Å². The Hall–Kier alpha value is -3.03. The molecule has 3 aromatic rings. The summed E-state index contributed by atoms with van der Waals surface area (Å²) in [5.41, 5.74) is 0.571. The first kappa shape index (κ1) is 19.3. The largest absolute Gasteiger partial charge is 0.416 e. The van der Waals surface area contributed by atoms with E-state index in [1.807, 2.05) is 22.9 Å². The summed E-state index contributed by atoms with van der Waals surface area (Å²) in [6.07, 6.45) is -2.90. The van der Waals surface area contributed by atoms with E-state index in [1.165, 1.54) is 12.1 Å². The molecule has 0 atom stereocenters. The van der Waals surface area contributed by atoms with Gasteiger partial charge in [0.05, 0.1) is 28.9 Å². The Bertz CT molecular complexity index is 1070. The van der Waals surface area contributed by atoms with E-state index >= 15 is 0 Å². The van der Waals surface area contributed by atoms with E-state index in [0.717, 1.165) is 17.6 Å². The first-order valence-electron chi connectivity index (χ1n) is 9.46. The van der Waals surface area contributed by atoms with Crippen LogP contribution in [0.4, 0.5) is 13.2 Å². The fraction of sp³-hybridized carbons (Fsp3) is 0.333. The Morgan fingerprint density at radius 2 is 1.69 bits per heavy atom. The van der Waals surface area contributed by atoms with Gasteiger partial charge >= 0.3 is 6.18 Å². The molecule has 5 nitrogen and oxygen atoms in total. The average molecular weight is 403 g/mol. The summed E-state index contributed by atoms with van der Waals surface area (Å²) >= 11 is 0. The molecule has 2 aromatic carbocycles. The number of carbonyl (C=O) groups is 1. The Kier molecular flexibility index (Phi) is 4.94. The van der Waals surface area contributed by atoms with Crippen molar-refractivity contribution in [1.82, 2.24) is 14.7 Å². The minimum atomic E-state index is -4.38. The van der Waals surface area contributed by atoms with Crippen molar-refractivity contribution in [2.24, 2.45) is 0 Å². The predicted molar refractivity (Wildman–Crippen MR) is 103 cm³/mol. The van der Waals surface area contributed by atoms with E-state index in [9.17, 15) is 22.8 Å². The highest BCUT2D eigenvalue weighted by Crippen LogP contribution is 2.29.